The fraction of sp³-hybridized carbons (Fsp3) is 0.0909. The minimum absolute atomic E-state index is 0.153. The fourth-order valence-corrected chi connectivity index (χ4v) is 4.07. The first-order chi connectivity index (χ1) is 15.5. The van der Waals surface area contributed by atoms with Crippen LogP contribution in [0.4, 0.5) is 5.82 Å². The number of nitrogens with one attached hydrogen (secondary N) is 1. The van der Waals surface area contributed by atoms with Crippen molar-refractivity contribution in [2.24, 2.45) is 0 Å². The number of amides is 1. The van der Waals surface area contributed by atoms with Crippen LogP contribution in [-0.2, 0) is 11.3 Å². The highest BCUT2D eigenvalue weighted by Crippen LogP contribution is 2.23. The largest absolute Gasteiger partial charge is 0.308 e. The van der Waals surface area contributed by atoms with Gasteiger partial charge in [-0.1, -0.05) is 64.8 Å². The summed E-state index contributed by atoms with van der Waals surface area (Å²) in [7, 11) is 0. The maximum absolute atomic E-state index is 12.4. The molecule has 6 nitrogen and oxygen atoms in total. The van der Waals surface area contributed by atoms with Gasteiger partial charge in [-0.25, -0.2) is 9.97 Å². The van der Waals surface area contributed by atoms with E-state index >= 15 is 0 Å². The highest BCUT2D eigenvalue weighted by atomic mass is 35.5. The van der Waals surface area contributed by atoms with Gasteiger partial charge in [-0.2, -0.15) is 5.10 Å². The number of anilines is 1. The molecule has 0 spiro atoms. The van der Waals surface area contributed by atoms with Crippen LogP contribution < -0.4 is 5.32 Å². The average molecular weight is 505 g/mol. The van der Waals surface area contributed by atoms with Crippen molar-refractivity contribution in [3.8, 4) is 11.3 Å². The van der Waals surface area contributed by atoms with E-state index in [0.29, 0.717) is 32.6 Å². The number of carbonyl (C=O) groups is 1. The predicted octanol–water partition coefficient (Wildman–Crippen LogP) is 6.08. The first kappa shape index (κ1) is 22.6. The maximum atomic E-state index is 12.4. The van der Waals surface area contributed by atoms with Gasteiger partial charge < -0.3 is 5.32 Å². The molecule has 162 valence electrons. The summed E-state index contributed by atoms with van der Waals surface area (Å²) < 4.78 is 1.69. The third-order valence-electron chi connectivity index (χ3n) is 4.36. The number of aromatic nitrogens is 4. The molecule has 2 aromatic carbocycles. The van der Waals surface area contributed by atoms with Gasteiger partial charge in [0.15, 0.2) is 11.0 Å². The number of hydrogen-bond acceptors (Lipinski definition) is 5. The maximum Gasteiger partial charge on any atom is 0.236 e. The van der Waals surface area contributed by atoms with Crippen LogP contribution in [0, 0.1) is 0 Å². The molecule has 10 heteroatoms. The first-order valence-electron chi connectivity index (χ1n) is 9.45. The number of benzene rings is 2. The van der Waals surface area contributed by atoms with Crippen LogP contribution in [-0.4, -0.2) is 31.4 Å². The lowest BCUT2D eigenvalue weighted by Gasteiger charge is -2.06. The van der Waals surface area contributed by atoms with Crippen LogP contribution >= 0.6 is 46.6 Å². The van der Waals surface area contributed by atoms with Crippen molar-refractivity contribution in [1.29, 1.82) is 0 Å². The zero-order valence-electron chi connectivity index (χ0n) is 16.5. The summed E-state index contributed by atoms with van der Waals surface area (Å²) in [6, 6.07) is 16.2. The Labute approximate surface area is 203 Å². The molecule has 0 atom stereocenters. The first-order valence-corrected chi connectivity index (χ1v) is 11.6. The molecule has 4 rings (SSSR count). The van der Waals surface area contributed by atoms with E-state index in [2.05, 4.69) is 20.4 Å². The lowest BCUT2D eigenvalue weighted by atomic mass is 10.1. The van der Waals surface area contributed by atoms with Crippen LogP contribution in [0.1, 0.15) is 5.56 Å². The predicted molar refractivity (Wildman–Crippen MR) is 130 cm³/mol. The second-order valence-electron chi connectivity index (χ2n) is 6.70. The molecule has 0 aliphatic carbocycles. The molecule has 2 heterocycles. The molecule has 1 N–H and O–H groups in total. The molecule has 0 fully saturated rings. The van der Waals surface area contributed by atoms with Crippen LogP contribution in [0.25, 0.3) is 11.3 Å². The monoisotopic (exact) mass is 503 g/mol. The number of rotatable bonds is 7. The van der Waals surface area contributed by atoms with E-state index in [4.69, 9.17) is 34.8 Å². The SMILES string of the molecule is O=C(CSc1nccc(-c2ccc(Cl)cc2)n1)Nc1ccn(Cc2ccc(Cl)cc2Cl)n1. The number of nitrogens with zero attached hydrogens (tertiary/aromatic N) is 4. The van der Waals surface area contributed by atoms with Crippen molar-refractivity contribution in [2.75, 3.05) is 11.1 Å². The highest BCUT2D eigenvalue weighted by molar-refractivity contribution is 7.99. The Kier molecular flexibility index (Phi) is 7.32. The number of carbonyl (C=O) groups excluding carboxylic acids is 1. The Hall–Kier alpha value is -2.58. The van der Waals surface area contributed by atoms with Gasteiger partial charge in [0.1, 0.15) is 0 Å². The van der Waals surface area contributed by atoms with E-state index in [1.807, 2.05) is 24.3 Å². The zero-order valence-corrected chi connectivity index (χ0v) is 19.6. The van der Waals surface area contributed by atoms with E-state index in [1.54, 1.807) is 47.4 Å². The Morgan fingerprint density at radius 1 is 1.00 bits per heavy atom. The Morgan fingerprint density at radius 2 is 1.78 bits per heavy atom. The van der Waals surface area contributed by atoms with Crippen LogP contribution in [0.3, 0.4) is 0 Å². The van der Waals surface area contributed by atoms with E-state index in [1.165, 1.54) is 11.8 Å². The molecule has 0 saturated carbocycles. The topological polar surface area (TPSA) is 72.7 Å². The Bertz CT molecular complexity index is 1250. The van der Waals surface area contributed by atoms with E-state index < -0.39 is 0 Å². The number of halogens is 3. The van der Waals surface area contributed by atoms with Crippen molar-refractivity contribution >= 4 is 58.3 Å². The minimum atomic E-state index is -0.203. The van der Waals surface area contributed by atoms with Crippen LogP contribution in [0.2, 0.25) is 15.1 Å². The van der Waals surface area contributed by atoms with E-state index in [0.717, 1.165) is 16.8 Å². The molecule has 1 amide bonds. The van der Waals surface area contributed by atoms with E-state index in [-0.39, 0.29) is 11.7 Å². The summed E-state index contributed by atoms with van der Waals surface area (Å²) in [6.45, 7) is 0.464. The summed E-state index contributed by atoms with van der Waals surface area (Å²) in [6.07, 6.45) is 3.44. The van der Waals surface area contributed by atoms with Crippen LogP contribution in [0.15, 0.2) is 72.1 Å². The summed E-state index contributed by atoms with van der Waals surface area (Å²) in [5.41, 5.74) is 2.57. The van der Waals surface area contributed by atoms with Gasteiger partial charge in [-0.3, -0.25) is 9.48 Å². The van der Waals surface area contributed by atoms with Gasteiger partial charge in [0.2, 0.25) is 5.91 Å². The molecule has 0 unspecified atom stereocenters. The van der Waals surface area contributed by atoms with Gasteiger partial charge in [0.25, 0.3) is 0 Å². The average Bonchev–Trinajstić information content (AvgIpc) is 3.22. The standard InChI is InChI=1S/C22H16Cl3N5OS/c23-16-4-1-14(2-5-16)19-7-9-26-22(27-19)32-13-21(31)28-20-8-10-30(29-20)12-15-3-6-17(24)11-18(15)25/h1-11H,12-13H2,(H,28,29,31). The summed E-state index contributed by atoms with van der Waals surface area (Å²) in [4.78, 5) is 21.1. The lowest BCUT2D eigenvalue weighted by molar-refractivity contribution is -0.113. The molecule has 0 saturated heterocycles. The molecule has 0 aliphatic heterocycles. The molecular formula is C22H16Cl3N5OS. The summed E-state index contributed by atoms with van der Waals surface area (Å²) >= 11 is 19.3. The Balaban J connectivity index is 1.33. The second kappa shape index (κ2) is 10.4. The molecule has 0 bridgehead atoms. The third-order valence-corrected chi connectivity index (χ3v) is 6.06. The molecule has 0 aliphatic rings. The van der Waals surface area contributed by atoms with Crippen molar-refractivity contribution in [3.63, 3.8) is 0 Å². The smallest absolute Gasteiger partial charge is 0.236 e. The zero-order chi connectivity index (χ0) is 22.5. The Morgan fingerprint density at radius 3 is 2.56 bits per heavy atom. The molecule has 4 aromatic rings. The molecule has 2 aromatic heterocycles. The molecule has 0 radical (unpaired) electrons. The van der Waals surface area contributed by atoms with Crippen molar-refractivity contribution < 1.29 is 4.79 Å². The van der Waals surface area contributed by atoms with Crippen molar-refractivity contribution in [3.05, 3.63) is 87.6 Å². The van der Waals surface area contributed by atoms with E-state index in [9.17, 15) is 4.79 Å². The fourth-order valence-electron chi connectivity index (χ4n) is 2.84. The number of hydrogen-bond donors (Lipinski definition) is 1. The van der Waals surface area contributed by atoms with Gasteiger partial charge in [-0.15, -0.1) is 0 Å². The van der Waals surface area contributed by atoms with Crippen molar-refractivity contribution in [2.45, 2.75) is 11.7 Å². The van der Waals surface area contributed by atoms with Gasteiger partial charge >= 0.3 is 0 Å². The molecular weight excluding hydrogens is 489 g/mol. The highest BCUT2D eigenvalue weighted by Gasteiger charge is 2.10. The summed E-state index contributed by atoms with van der Waals surface area (Å²) in [5, 5.41) is 9.46. The quantitative estimate of drug-likeness (QED) is 0.244. The third kappa shape index (κ3) is 6.01. The molecule has 32 heavy (non-hydrogen) atoms. The van der Waals surface area contributed by atoms with Gasteiger partial charge in [-0.05, 0) is 35.9 Å². The van der Waals surface area contributed by atoms with Gasteiger partial charge in [0.05, 0.1) is 18.0 Å². The normalized spacial score (nSPS) is 10.8. The van der Waals surface area contributed by atoms with Gasteiger partial charge in [0, 0.05) is 39.1 Å². The minimum Gasteiger partial charge on any atom is -0.308 e. The van der Waals surface area contributed by atoms with Crippen molar-refractivity contribution in [1.82, 2.24) is 19.7 Å². The number of thioether (sulfide) groups is 1. The summed E-state index contributed by atoms with van der Waals surface area (Å²) in [5.74, 6) is 0.404. The second-order valence-corrected chi connectivity index (χ2v) is 8.93. The van der Waals surface area contributed by atoms with Crippen LogP contribution in [0.5, 0.6) is 0 Å². The lowest BCUT2D eigenvalue weighted by Crippen LogP contribution is -2.15.